The molecule has 1 aliphatic heterocycles. The monoisotopic (exact) mass is 404 g/mol. The third-order valence-corrected chi connectivity index (χ3v) is 5.05. The molecular weight excluding hydrogens is 380 g/mol. The lowest BCUT2D eigenvalue weighted by Gasteiger charge is -2.42. The molecule has 1 heterocycles. The Morgan fingerprint density at radius 3 is 2.34 bits per heavy atom. The van der Waals surface area contributed by atoms with Crippen molar-refractivity contribution in [2.75, 3.05) is 0 Å². The van der Waals surface area contributed by atoms with Crippen LogP contribution in [0.5, 0.6) is 28.7 Å². The van der Waals surface area contributed by atoms with E-state index in [0.717, 1.165) is 0 Å². The van der Waals surface area contributed by atoms with E-state index in [-0.39, 0.29) is 35.2 Å². The van der Waals surface area contributed by atoms with E-state index < -0.39 is 29.7 Å². The Morgan fingerprint density at radius 1 is 1.07 bits per heavy atom. The Labute approximate surface area is 167 Å². The minimum Gasteiger partial charge on any atom is -0.508 e. The van der Waals surface area contributed by atoms with E-state index in [1.165, 1.54) is 24.3 Å². The highest BCUT2D eigenvalue weighted by atomic mass is 16.7. The van der Waals surface area contributed by atoms with Crippen LogP contribution in [0.2, 0.25) is 0 Å². The third kappa shape index (κ3) is 4.11. The lowest BCUT2D eigenvalue weighted by Crippen LogP contribution is -2.44. The summed E-state index contributed by atoms with van der Waals surface area (Å²) in [6.45, 7) is 5.49. The second-order valence-corrected chi connectivity index (χ2v) is 8.27. The van der Waals surface area contributed by atoms with Gasteiger partial charge < -0.3 is 35.0 Å². The Hall–Kier alpha value is -3.29. The van der Waals surface area contributed by atoms with E-state index >= 15 is 0 Å². The summed E-state index contributed by atoms with van der Waals surface area (Å²) in [6.07, 6.45) is -2.80. The van der Waals surface area contributed by atoms with E-state index in [2.05, 4.69) is 0 Å². The van der Waals surface area contributed by atoms with Crippen LogP contribution in [0.25, 0.3) is 0 Å². The van der Waals surface area contributed by atoms with E-state index in [1.807, 2.05) is 20.8 Å². The quantitative estimate of drug-likeness (QED) is 0.384. The van der Waals surface area contributed by atoms with Crippen molar-refractivity contribution >= 4 is 6.16 Å². The van der Waals surface area contributed by atoms with Gasteiger partial charge in [0.25, 0.3) is 0 Å². The van der Waals surface area contributed by atoms with Crippen molar-refractivity contribution in [1.82, 2.24) is 0 Å². The molecule has 2 aromatic rings. The minimum atomic E-state index is -1.43. The fraction of sp³-hybridized carbons (Fsp3) is 0.381. The van der Waals surface area contributed by atoms with Crippen LogP contribution >= 0.6 is 0 Å². The van der Waals surface area contributed by atoms with Gasteiger partial charge in [-0.2, -0.15) is 0 Å². The van der Waals surface area contributed by atoms with Gasteiger partial charge in [0.1, 0.15) is 29.5 Å². The number of carbonyl (C=O) groups is 1. The lowest BCUT2D eigenvalue weighted by molar-refractivity contribution is -0.0681. The molecule has 29 heavy (non-hydrogen) atoms. The number of phenols is 4. The maximum absolute atomic E-state index is 11.4. The fourth-order valence-corrected chi connectivity index (χ4v) is 3.81. The van der Waals surface area contributed by atoms with Crippen molar-refractivity contribution in [1.29, 1.82) is 0 Å². The standard InChI is InChI=1S/C21H24O8/c1-21(2,3)19(29-20(26)27)13-9-12-15(24)7-11(22)8-17(12)28-18(13)10-4-5-14(23)16(25)6-10/h4-8,13,18-19,22-25H,9H2,1-3H3,(H,26,27)/t13-,18+,19?/m1/s1. The van der Waals surface area contributed by atoms with E-state index in [1.54, 1.807) is 6.07 Å². The molecule has 156 valence electrons. The molecular formula is C21H24O8. The summed E-state index contributed by atoms with van der Waals surface area (Å²) in [6, 6.07) is 6.76. The smallest absolute Gasteiger partial charge is 0.506 e. The highest BCUT2D eigenvalue weighted by Crippen LogP contribution is 2.49. The molecule has 1 aliphatic rings. The zero-order valence-electron chi connectivity index (χ0n) is 16.3. The average molecular weight is 404 g/mol. The molecule has 0 aliphatic carbocycles. The van der Waals surface area contributed by atoms with Gasteiger partial charge in [-0.25, -0.2) is 4.79 Å². The number of rotatable bonds is 3. The average Bonchev–Trinajstić information content (AvgIpc) is 2.60. The van der Waals surface area contributed by atoms with Gasteiger partial charge in [-0.05, 0) is 29.5 Å². The van der Waals surface area contributed by atoms with Gasteiger partial charge in [-0.15, -0.1) is 0 Å². The number of ether oxygens (including phenoxy) is 2. The number of benzene rings is 2. The highest BCUT2D eigenvalue weighted by Gasteiger charge is 2.45. The van der Waals surface area contributed by atoms with E-state index in [4.69, 9.17) is 9.47 Å². The summed E-state index contributed by atoms with van der Waals surface area (Å²) < 4.78 is 11.3. The SMILES string of the molecule is CC(C)(C)C(OC(=O)O)[C@@H]1Cc2c(O)cc(O)cc2O[C@H]1c1ccc(O)c(O)c1. The number of carboxylic acid groups (broad SMARTS) is 1. The van der Waals surface area contributed by atoms with Crippen LogP contribution < -0.4 is 4.74 Å². The van der Waals surface area contributed by atoms with Crippen LogP contribution in [0, 0.1) is 11.3 Å². The molecule has 0 bridgehead atoms. The third-order valence-electron chi connectivity index (χ3n) is 5.05. The first-order valence-electron chi connectivity index (χ1n) is 9.10. The van der Waals surface area contributed by atoms with Gasteiger partial charge in [-0.1, -0.05) is 26.8 Å². The Bertz CT molecular complexity index is 931. The van der Waals surface area contributed by atoms with Gasteiger partial charge in [0.2, 0.25) is 0 Å². The molecule has 5 N–H and O–H groups in total. The first-order chi connectivity index (χ1) is 13.5. The molecule has 3 rings (SSSR count). The molecule has 0 radical (unpaired) electrons. The first kappa shape index (κ1) is 20.4. The fourth-order valence-electron chi connectivity index (χ4n) is 3.81. The summed E-state index contributed by atoms with van der Waals surface area (Å²) in [5.74, 6) is -1.30. The molecule has 8 heteroatoms. The van der Waals surface area contributed by atoms with E-state index in [0.29, 0.717) is 11.1 Å². The van der Waals surface area contributed by atoms with Crippen molar-refractivity contribution in [3.05, 3.63) is 41.5 Å². The number of hydrogen-bond donors (Lipinski definition) is 5. The predicted octanol–water partition coefficient (Wildman–Crippen LogP) is 3.91. The Morgan fingerprint density at radius 2 is 1.76 bits per heavy atom. The number of aromatic hydroxyl groups is 4. The maximum atomic E-state index is 11.4. The minimum absolute atomic E-state index is 0.167. The highest BCUT2D eigenvalue weighted by molar-refractivity contribution is 5.57. The van der Waals surface area contributed by atoms with E-state index in [9.17, 15) is 30.3 Å². The van der Waals surface area contributed by atoms with Crippen molar-refractivity contribution in [3.63, 3.8) is 0 Å². The van der Waals surface area contributed by atoms with Gasteiger partial charge in [0.15, 0.2) is 11.5 Å². The molecule has 0 aromatic heterocycles. The number of hydrogen-bond acceptors (Lipinski definition) is 7. The second kappa shape index (κ2) is 7.27. The summed E-state index contributed by atoms with van der Waals surface area (Å²) >= 11 is 0. The van der Waals surface area contributed by atoms with Gasteiger partial charge in [-0.3, -0.25) is 0 Å². The molecule has 1 unspecified atom stereocenters. The molecule has 8 nitrogen and oxygen atoms in total. The van der Waals surface area contributed by atoms with Crippen molar-refractivity contribution in [2.24, 2.45) is 11.3 Å². The molecule has 2 aromatic carbocycles. The van der Waals surface area contributed by atoms with Crippen LogP contribution in [0.1, 0.15) is 38.0 Å². The lowest BCUT2D eigenvalue weighted by atomic mass is 9.73. The van der Waals surface area contributed by atoms with Crippen LogP contribution in [-0.4, -0.2) is 37.8 Å². The second-order valence-electron chi connectivity index (χ2n) is 8.27. The molecule has 0 saturated carbocycles. The van der Waals surface area contributed by atoms with Crippen molar-refractivity contribution in [3.8, 4) is 28.7 Å². The van der Waals surface area contributed by atoms with Crippen LogP contribution in [0.4, 0.5) is 4.79 Å². The molecule has 0 fully saturated rings. The van der Waals surface area contributed by atoms with Crippen molar-refractivity contribution < 1.29 is 39.8 Å². The van der Waals surface area contributed by atoms with Crippen LogP contribution in [-0.2, 0) is 11.2 Å². The molecule has 0 amide bonds. The molecule has 0 spiro atoms. The molecule has 0 saturated heterocycles. The van der Waals surface area contributed by atoms with Crippen LogP contribution in [0.3, 0.4) is 0 Å². The Kier molecular flexibility index (Phi) is 5.13. The normalized spacial score (nSPS) is 19.7. The van der Waals surface area contributed by atoms with Gasteiger partial charge in [0, 0.05) is 23.6 Å². The zero-order chi connectivity index (χ0) is 21.5. The Balaban J connectivity index is 2.14. The van der Waals surface area contributed by atoms with Gasteiger partial charge in [0.05, 0.1) is 0 Å². The topological polar surface area (TPSA) is 137 Å². The maximum Gasteiger partial charge on any atom is 0.506 e. The summed E-state index contributed by atoms with van der Waals surface area (Å²) in [7, 11) is 0. The number of fused-ring (bicyclic) bond motifs is 1. The van der Waals surface area contributed by atoms with Gasteiger partial charge >= 0.3 is 6.16 Å². The first-order valence-corrected chi connectivity index (χ1v) is 9.10. The van der Waals surface area contributed by atoms with Crippen LogP contribution in [0.15, 0.2) is 30.3 Å². The summed E-state index contributed by atoms with van der Waals surface area (Å²) in [4.78, 5) is 11.4. The van der Waals surface area contributed by atoms with Crippen molar-refractivity contribution in [2.45, 2.75) is 39.4 Å². The summed E-state index contributed by atoms with van der Waals surface area (Å²) in [5.41, 5.74) is 0.311. The molecule has 3 atom stereocenters. The summed E-state index contributed by atoms with van der Waals surface area (Å²) in [5, 5.41) is 49.0. The zero-order valence-corrected chi connectivity index (χ0v) is 16.3. The predicted molar refractivity (Wildman–Crippen MR) is 102 cm³/mol. The largest absolute Gasteiger partial charge is 0.508 e. The number of phenolic OH excluding ortho intramolecular Hbond substituents is 4.